The molecule has 1 saturated heterocycles. The molecule has 4 amide bonds. The molecule has 0 bridgehead atoms. The third-order valence-electron chi connectivity index (χ3n) is 6.78. The zero-order valence-electron chi connectivity index (χ0n) is 22.9. The Hall–Kier alpha value is -4.41. The van der Waals surface area contributed by atoms with Crippen molar-refractivity contribution in [3.05, 3.63) is 71.8 Å². The van der Waals surface area contributed by atoms with Crippen LogP contribution in [0.25, 0.3) is 0 Å². The molecule has 0 aromatic heterocycles. The summed E-state index contributed by atoms with van der Waals surface area (Å²) in [7, 11) is 0. The van der Waals surface area contributed by atoms with Crippen molar-refractivity contribution >= 4 is 29.8 Å². The van der Waals surface area contributed by atoms with Crippen molar-refractivity contribution in [2.24, 2.45) is 0 Å². The predicted molar refractivity (Wildman–Crippen MR) is 146 cm³/mol. The van der Waals surface area contributed by atoms with Crippen molar-refractivity contribution in [1.82, 2.24) is 20.9 Å². The standard InChI is InChI=1S/C29H36N4O7/c1-19(24(34)30-20(2)25(35)33-16-10-15-23(33)26(36)37)31-27(38)29(3,17-21-11-6-4-7-12-21)32-28(39)40-18-22-13-8-5-9-14-22/h4-9,11-14,19-20,23H,10,15-18H2,1-3H3,(H,30,34)(H,31,38)(H,32,39)(H,36,37)/t19-,20-,23-,29+/m0/s1. The number of rotatable bonds is 11. The average Bonchev–Trinajstić information content (AvgIpc) is 3.43. The molecule has 214 valence electrons. The van der Waals surface area contributed by atoms with Crippen LogP contribution in [0.5, 0.6) is 0 Å². The second kappa shape index (κ2) is 13.6. The van der Waals surface area contributed by atoms with Crippen molar-refractivity contribution in [3.8, 4) is 0 Å². The Morgan fingerprint density at radius 2 is 1.55 bits per heavy atom. The molecule has 11 heteroatoms. The predicted octanol–water partition coefficient (Wildman–Crippen LogP) is 2.00. The Morgan fingerprint density at radius 3 is 2.15 bits per heavy atom. The van der Waals surface area contributed by atoms with Gasteiger partial charge in [0.2, 0.25) is 17.7 Å². The summed E-state index contributed by atoms with van der Waals surface area (Å²) < 4.78 is 5.32. The second-order valence-electron chi connectivity index (χ2n) is 10.1. The van der Waals surface area contributed by atoms with Crippen molar-refractivity contribution in [2.45, 2.75) is 70.3 Å². The number of carboxylic acids is 1. The molecule has 0 radical (unpaired) electrons. The lowest BCUT2D eigenvalue weighted by atomic mass is 9.91. The van der Waals surface area contributed by atoms with Crippen LogP contribution in [-0.2, 0) is 36.9 Å². The van der Waals surface area contributed by atoms with Crippen molar-refractivity contribution in [1.29, 1.82) is 0 Å². The van der Waals surface area contributed by atoms with Gasteiger partial charge in [-0.05, 0) is 44.7 Å². The van der Waals surface area contributed by atoms with E-state index in [0.717, 1.165) is 11.1 Å². The number of nitrogens with zero attached hydrogens (tertiary/aromatic N) is 1. The van der Waals surface area contributed by atoms with Gasteiger partial charge in [0.1, 0.15) is 30.3 Å². The highest BCUT2D eigenvalue weighted by Gasteiger charge is 2.39. The largest absolute Gasteiger partial charge is 0.480 e. The molecule has 4 N–H and O–H groups in total. The maximum atomic E-state index is 13.4. The van der Waals surface area contributed by atoms with E-state index in [4.69, 9.17) is 4.74 Å². The fraction of sp³-hybridized carbons (Fsp3) is 0.414. The van der Waals surface area contributed by atoms with E-state index >= 15 is 0 Å². The third kappa shape index (κ3) is 8.05. The van der Waals surface area contributed by atoms with Crippen LogP contribution in [0.15, 0.2) is 60.7 Å². The van der Waals surface area contributed by atoms with Crippen LogP contribution in [-0.4, -0.2) is 70.0 Å². The molecular formula is C29H36N4O7. The maximum Gasteiger partial charge on any atom is 0.408 e. The molecular weight excluding hydrogens is 516 g/mol. The molecule has 4 atom stereocenters. The van der Waals surface area contributed by atoms with Gasteiger partial charge in [-0.15, -0.1) is 0 Å². The summed E-state index contributed by atoms with van der Waals surface area (Å²) in [5.74, 6) is -2.85. The van der Waals surface area contributed by atoms with Crippen LogP contribution in [0.1, 0.15) is 44.7 Å². The molecule has 1 heterocycles. The Balaban J connectivity index is 1.64. The number of aliphatic carboxylic acids is 1. The van der Waals surface area contributed by atoms with Gasteiger partial charge in [0.05, 0.1) is 0 Å². The van der Waals surface area contributed by atoms with Crippen molar-refractivity contribution in [3.63, 3.8) is 0 Å². The number of nitrogens with one attached hydrogen (secondary N) is 3. The van der Waals surface area contributed by atoms with Gasteiger partial charge in [-0.2, -0.15) is 0 Å². The first-order valence-corrected chi connectivity index (χ1v) is 13.2. The number of carbonyl (C=O) groups excluding carboxylic acids is 4. The lowest BCUT2D eigenvalue weighted by molar-refractivity contribution is -0.149. The van der Waals surface area contributed by atoms with Crippen LogP contribution in [0.4, 0.5) is 4.79 Å². The molecule has 3 rings (SSSR count). The Kier molecular flexibility index (Phi) is 10.2. The Bertz CT molecular complexity index is 1210. The van der Waals surface area contributed by atoms with E-state index in [9.17, 15) is 29.1 Å². The molecule has 0 aliphatic carbocycles. The first-order chi connectivity index (χ1) is 19.0. The zero-order valence-corrected chi connectivity index (χ0v) is 22.9. The van der Waals surface area contributed by atoms with E-state index in [1.54, 1.807) is 12.1 Å². The maximum absolute atomic E-state index is 13.4. The van der Waals surface area contributed by atoms with Crippen molar-refractivity contribution < 1.29 is 33.8 Å². The smallest absolute Gasteiger partial charge is 0.408 e. The first-order valence-electron chi connectivity index (χ1n) is 13.2. The molecule has 1 aliphatic rings. The number of carbonyl (C=O) groups is 5. The highest BCUT2D eigenvalue weighted by Crippen LogP contribution is 2.19. The number of amides is 4. The molecule has 0 saturated carbocycles. The topological polar surface area (TPSA) is 154 Å². The highest BCUT2D eigenvalue weighted by molar-refractivity contribution is 5.96. The summed E-state index contributed by atoms with van der Waals surface area (Å²) in [5.41, 5.74) is 0.0814. The summed E-state index contributed by atoms with van der Waals surface area (Å²) in [4.78, 5) is 64.5. The van der Waals surface area contributed by atoms with Crippen LogP contribution in [0.3, 0.4) is 0 Å². The van der Waals surface area contributed by atoms with Crippen molar-refractivity contribution in [2.75, 3.05) is 6.54 Å². The normalized spacial score (nSPS) is 17.6. The minimum absolute atomic E-state index is 0.0141. The summed E-state index contributed by atoms with van der Waals surface area (Å²) in [6.45, 7) is 4.77. The second-order valence-corrected chi connectivity index (χ2v) is 10.1. The molecule has 0 spiro atoms. The average molecular weight is 553 g/mol. The summed E-state index contributed by atoms with van der Waals surface area (Å²) in [5, 5.41) is 17.2. The molecule has 1 fully saturated rings. The fourth-order valence-electron chi connectivity index (χ4n) is 4.53. The van der Waals surface area contributed by atoms with Gasteiger partial charge >= 0.3 is 12.1 Å². The van der Waals surface area contributed by atoms with Gasteiger partial charge in [0.25, 0.3) is 0 Å². The number of benzene rings is 2. The lowest BCUT2D eigenvalue weighted by Crippen LogP contribution is -2.61. The zero-order chi connectivity index (χ0) is 29.3. The quantitative estimate of drug-likeness (QED) is 0.332. The molecule has 2 aromatic carbocycles. The highest BCUT2D eigenvalue weighted by atomic mass is 16.5. The van der Waals surface area contributed by atoms with Gasteiger partial charge < -0.3 is 30.7 Å². The summed E-state index contributed by atoms with van der Waals surface area (Å²) >= 11 is 0. The molecule has 11 nitrogen and oxygen atoms in total. The molecule has 40 heavy (non-hydrogen) atoms. The Morgan fingerprint density at radius 1 is 0.950 bits per heavy atom. The number of carboxylic acid groups (broad SMARTS) is 1. The number of hydrogen-bond donors (Lipinski definition) is 4. The monoisotopic (exact) mass is 552 g/mol. The lowest BCUT2D eigenvalue weighted by Gasteiger charge is -2.31. The van der Waals surface area contributed by atoms with E-state index < -0.39 is 53.4 Å². The third-order valence-corrected chi connectivity index (χ3v) is 6.78. The summed E-state index contributed by atoms with van der Waals surface area (Å²) in [6, 6.07) is 15.2. The number of alkyl carbamates (subject to hydrolysis) is 1. The minimum atomic E-state index is -1.48. The van der Waals surface area contributed by atoms with E-state index in [1.807, 2.05) is 48.5 Å². The van der Waals surface area contributed by atoms with Gasteiger partial charge in [-0.25, -0.2) is 9.59 Å². The van der Waals surface area contributed by atoms with E-state index in [0.29, 0.717) is 19.4 Å². The van der Waals surface area contributed by atoms with Crippen LogP contribution in [0, 0.1) is 0 Å². The van der Waals surface area contributed by atoms with Crippen LogP contribution >= 0.6 is 0 Å². The minimum Gasteiger partial charge on any atom is -0.480 e. The molecule has 0 unspecified atom stereocenters. The van der Waals surface area contributed by atoms with Gasteiger partial charge in [-0.1, -0.05) is 60.7 Å². The van der Waals surface area contributed by atoms with E-state index in [-0.39, 0.29) is 13.0 Å². The number of ether oxygens (including phenoxy) is 1. The van der Waals surface area contributed by atoms with Gasteiger partial charge in [-0.3, -0.25) is 14.4 Å². The SMILES string of the molecule is C[C@H](NC(=O)[C@@](C)(Cc1ccccc1)NC(=O)OCc1ccccc1)C(=O)N[C@@H](C)C(=O)N1CCC[C@H]1C(=O)O. The first kappa shape index (κ1) is 30.1. The Labute approximate surface area is 233 Å². The van der Waals surface area contributed by atoms with Crippen LogP contribution < -0.4 is 16.0 Å². The molecule has 2 aromatic rings. The van der Waals surface area contributed by atoms with Gasteiger partial charge in [0.15, 0.2) is 0 Å². The van der Waals surface area contributed by atoms with E-state index in [1.165, 1.54) is 25.7 Å². The fourth-order valence-corrected chi connectivity index (χ4v) is 4.53. The van der Waals surface area contributed by atoms with Gasteiger partial charge in [0, 0.05) is 13.0 Å². The molecule has 1 aliphatic heterocycles. The summed E-state index contributed by atoms with van der Waals surface area (Å²) in [6.07, 6.45) is 0.243. The number of hydrogen-bond acceptors (Lipinski definition) is 6. The van der Waals surface area contributed by atoms with E-state index in [2.05, 4.69) is 16.0 Å². The van der Waals surface area contributed by atoms with Crippen LogP contribution in [0.2, 0.25) is 0 Å². The number of likely N-dealkylation sites (tertiary alicyclic amines) is 1.